The molecular formula is C17H15NO2S. The number of hydrogen-bond donors (Lipinski definition) is 0. The predicted octanol–water partition coefficient (Wildman–Crippen LogP) is 4.02. The maximum atomic E-state index is 11.9. The molecule has 1 aliphatic rings. The first-order valence-electron chi connectivity index (χ1n) is 6.69. The van der Waals surface area contributed by atoms with Gasteiger partial charge < -0.3 is 4.74 Å². The van der Waals surface area contributed by atoms with Gasteiger partial charge in [-0.3, -0.25) is 0 Å². The van der Waals surface area contributed by atoms with Gasteiger partial charge in [-0.15, -0.1) is 11.3 Å². The van der Waals surface area contributed by atoms with Crippen LogP contribution in [0.25, 0.3) is 6.08 Å². The van der Waals surface area contributed by atoms with E-state index in [0.29, 0.717) is 11.6 Å². The minimum Gasteiger partial charge on any atom is -0.402 e. The normalized spacial score (nSPS) is 16.2. The van der Waals surface area contributed by atoms with E-state index in [9.17, 15) is 4.79 Å². The molecule has 21 heavy (non-hydrogen) atoms. The van der Waals surface area contributed by atoms with Gasteiger partial charge >= 0.3 is 5.97 Å². The number of aryl methyl sites for hydroxylation is 3. The number of carbonyl (C=O) groups excluding carboxylic acids is 1. The Kier molecular flexibility index (Phi) is 3.47. The first-order valence-corrected chi connectivity index (χ1v) is 7.50. The molecule has 106 valence electrons. The lowest BCUT2D eigenvalue weighted by molar-refractivity contribution is -0.129. The van der Waals surface area contributed by atoms with E-state index in [0.717, 1.165) is 21.6 Å². The van der Waals surface area contributed by atoms with E-state index < -0.39 is 5.97 Å². The van der Waals surface area contributed by atoms with Crippen molar-refractivity contribution in [1.29, 1.82) is 0 Å². The van der Waals surface area contributed by atoms with Crippen molar-refractivity contribution in [3.05, 3.63) is 62.5 Å². The number of carbonyl (C=O) groups is 1. The number of hydrogen-bond acceptors (Lipinski definition) is 4. The van der Waals surface area contributed by atoms with Crippen LogP contribution in [0, 0.1) is 20.8 Å². The van der Waals surface area contributed by atoms with Crippen molar-refractivity contribution >= 4 is 29.3 Å². The van der Waals surface area contributed by atoms with Crippen LogP contribution in [0.2, 0.25) is 0 Å². The molecule has 0 fully saturated rings. The van der Waals surface area contributed by atoms with Gasteiger partial charge in [-0.2, -0.15) is 0 Å². The van der Waals surface area contributed by atoms with Crippen LogP contribution in [0.4, 0.5) is 0 Å². The van der Waals surface area contributed by atoms with E-state index in [4.69, 9.17) is 4.74 Å². The van der Waals surface area contributed by atoms with Crippen molar-refractivity contribution in [1.82, 2.24) is 0 Å². The molecule has 1 aliphatic heterocycles. The van der Waals surface area contributed by atoms with Gasteiger partial charge in [-0.05, 0) is 51.1 Å². The first-order chi connectivity index (χ1) is 10.0. The Labute approximate surface area is 127 Å². The number of ether oxygens (including phenoxy) is 1. The van der Waals surface area contributed by atoms with Gasteiger partial charge in [0.15, 0.2) is 5.70 Å². The summed E-state index contributed by atoms with van der Waals surface area (Å²) >= 11 is 1.63. The highest BCUT2D eigenvalue weighted by molar-refractivity contribution is 7.12. The fourth-order valence-corrected chi connectivity index (χ4v) is 3.11. The number of nitrogens with zero attached hydrogens (tertiary/aromatic N) is 1. The summed E-state index contributed by atoms with van der Waals surface area (Å²) in [4.78, 5) is 18.5. The topological polar surface area (TPSA) is 38.7 Å². The summed E-state index contributed by atoms with van der Waals surface area (Å²) in [6, 6.07) is 10.0. The van der Waals surface area contributed by atoms with E-state index in [1.165, 1.54) is 4.88 Å². The molecule has 0 atom stereocenters. The molecule has 3 nitrogen and oxygen atoms in total. The number of esters is 1. The maximum absolute atomic E-state index is 11.9. The monoisotopic (exact) mass is 297 g/mol. The highest BCUT2D eigenvalue weighted by atomic mass is 32.1. The average Bonchev–Trinajstić information content (AvgIpc) is 2.96. The second kappa shape index (κ2) is 5.30. The Bertz CT molecular complexity index is 764. The Balaban J connectivity index is 1.97. The number of benzene rings is 1. The van der Waals surface area contributed by atoms with Crippen molar-refractivity contribution in [2.75, 3.05) is 0 Å². The SMILES string of the molecule is Cc1cc(C)cc(C2=N/C(=C\c3ccc(C)s3)C(=O)O2)c1. The minimum atomic E-state index is -0.393. The lowest BCUT2D eigenvalue weighted by Crippen LogP contribution is -2.05. The van der Waals surface area contributed by atoms with Crippen LogP contribution in [0.5, 0.6) is 0 Å². The van der Waals surface area contributed by atoms with E-state index in [-0.39, 0.29) is 0 Å². The summed E-state index contributed by atoms with van der Waals surface area (Å²) in [5.74, 6) is -0.0125. The summed E-state index contributed by atoms with van der Waals surface area (Å²) in [6.45, 7) is 6.06. The highest BCUT2D eigenvalue weighted by Crippen LogP contribution is 2.23. The fourth-order valence-electron chi connectivity index (χ4n) is 2.30. The predicted molar refractivity (Wildman–Crippen MR) is 85.6 cm³/mol. The number of cyclic esters (lactones) is 1. The molecule has 0 amide bonds. The smallest absolute Gasteiger partial charge is 0.363 e. The van der Waals surface area contributed by atoms with E-state index in [1.54, 1.807) is 17.4 Å². The maximum Gasteiger partial charge on any atom is 0.363 e. The minimum absolute atomic E-state index is 0.353. The number of rotatable bonds is 2. The molecule has 1 aromatic heterocycles. The fraction of sp³-hybridized carbons (Fsp3) is 0.176. The zero-order valence-electron chi connectivity index (χ0n) is 12.1. The molecule has 0 saturated heterocycles. The van der Waals surface area contributed by atoms with E-state index in [1.807, 2.05) is 45.0 Å². The molecule has 0 bridgehead atoms. The van der Waals surface area contributed by atoms with Crippen LogP contribution >= 0.6 is 11.3 Å². The van der Waals surface area contributed by atoms with Crippen LogP contribution < -0.4 is 0 Å². The van der Waals surface area contributed by atoms with Crippen molar-refractivity contribution in [2.45, 2.75) is 20.8 Å². The largest absolute Gasteiger partial charge is 0.402 e. The summed E-state index contributed by atoms with van der Waals surface area (Å²) in [5, 5.41) is 0. The van der Waals surface area contributed by atoms with Crippen molar-refractivity contribution < 1.29 is 9.53 Å². The Morgan fingerprint density at radius 3 is 2.43 bits per heavy atom. The molecule has 2 aromatic rings. The van der Waals surface area contributed by atoms with Crippen molar-refractivity contribution in [3.63, 3.8) is 0 Å². The van der Waals surface area contributed by atoms with Crippen LogP contribution in [0.3, 0.4) is 0 Å². The second-order valence-corrected chi connectivity index (χ2v) is 6.48. The summed E-state index contributed by atoms with van der Waals surface area (Å²) in [5.41, 5.74) is 3.43. The molecular weight excluding hydrogens is 282 g/mol. The van der Waals surface area contributed by atoms with Gasteiger partial charge in [0.2, 0.25) is 5.90 Å². The van der Waals surface area contributed by atoms with E-state index >= 15 is 0 Å². The molecule has 3 rings (SSSR count). The Morgan fingerprint density at radius 2 is 1.81 bits per heavy atom. The molecule has 0 unspecified atom stereocenters. The van der Waals surface area contributed by atoms with Crippen molar-refractivity contribution in [2.24, 2.45) is 4.99 Å². The standard InChI is InChI=1S/C17H15NO2S/c1-10-6-11(2)8-13(7-10)16-18-15(17(19)20-16)9-14-5-4-12(3)21-14/h4-9H,1-3H3/b15-9-. The van der Waals surface area contributed by atoms with Gasteiger partial charge in [0.1, 0.15) is 0 Å². The lowest BCUT2D eigenvalue weighted by atomic mass is 10.1. The average molecular weight is 297 g/mol. The molecule has 0 aliphatic carbocycles. The van der Waals surface area contributed by atoms with Gasteiger partial charge in [-0.25, -0.2) is 9.79 Å². The summed E-state index contributed by atoms with van der Waals surface area (Å²) in [7, 11) is 0. The van der Waals surface area contributed by atoms with Crippen molar-refractivity contribution in [3.8, 4) is 0 Å². The molecule has 0 N–H and O–H groups in total. The molecule has 0 spiro atoms. The van der Waals surface area contributed by atoms with Crippen LogP contribution in [-0.4, -0.2) is 11.9 Å². The van der Waals surface area contributed by atoms with Gasteiger partial charge in [0, 0.05) is 15.3 Å². The third kappa shape index (κ3) is 2.95. The first kappa shape index (κ1) is 13.8. The van der Waals surface area contributed by atoms with Crippen LogP contribution in [0.15, 0.2) is 41.0 Å². The molecule has 0 radical (unpaired) electrons. The summed E-state index contributed by atoms with van der Waals surface area (Å²) in [6.07, 6.45) is 1.77. The number of thiophene rings is 1. The molecule has 4 heteroatoms. The zero-order valence-corrected chi connectivity index (χ0v) is 13.0. The molecule has 2 heterocycles. The third-order valence-corrected chi connectivity index (χ3v) is 4.08. The van der Waals surface area contributed by atoms with Gasteiger partial charge in [-0.1, -0.05) is 17.2 Å². The molecule has 0 saturated carbocycles. The zero-order chi connectivity index (χ0) is 15.0. The quantitative estimate of drug-likeness (QED) is 0.620. The lowest BCUT2D eigenvalue weighted by Gasteiger charge is -2.03. The Morgan fingerprint density at radius 1 is 1.10 bits per heavy atom. The van der Waals surface area contributed by atoms with Gasteiger partial charge in [0.05, 0.1) is 0 Å². The third-order valence-electron chi connectivity index (χ3n) is 3.13. The van der Waals surface area contributed by atoms with Gasteiger partial charge in [0.25, 0.3) is 0 Å². The molecule has 1 aromatic carbocycles. The number of aliphatic imine (C=N–C) groups is 1. The van der Waals surface area contributed by atoms with E-state index in [2.05, 4.69) is 11.1 Å². The second-order valence-electron chi connectivity index (χ2n) is 5.16. The Hall–Kier alpha value is -2.20. The summed E-state index contributed by atoms with van der Waals surface area (Å²) < 4.78 is 5.30. The van der Waals surface area contributed by atoms with Crippen LogP contribution in [0.1, 0.15) is 26.4 Å². The highest BCUT2D eigenvalue weighted by Gasteiger charge is 2.24. The van der Waals surface area contributed by atoms with Crippen LogP contribution in [-0.2, 0) is 9.53 Å².